The summed E-state index contributed by atoms with van der Waals surface area (Å²) in [4.78, 5) is 0. The van der Waals surface area contributed by atoms with Crippen molar-refractivity contribution in [1.29, 1.82) is 0 Å². The molecule has 2 nitrogen and oxygen atoms in total. The van der Waals surface area contributed by atoms with Crippen LogP contribution in [0.3, 0.4) is 0 Å². The molecular formula is C11H12O2S2. The third-order valence-electron chi connectivity index (χ3n) is 2.23. The van der Waals surface area contributed by atoms with Crippen molar-refractivity contribution in [3.05, 3.63) is 34.7 Å². The molecular weight excluding hydrogens is 228 g/mol. The molecule has 2 aromatic rings. The summed E-state index contributed by atoms with van der Waals surface area (Å²) in [6.07, 6.45) is 1.27. The molecule has 0 saturated heterocycles. The van der Waals surface area contributed by atoms with E-state index in [0.717, 1.165) is 21.2 Å². The van der Waals surface area contributed by atoms with Crippen molar-refractivity contribution in [2.75, 3.05) is 6.26 Å². The zero-order valence-electron chi connectivity index (χ0n) is 8.65. The van der Waals surface area contributed by atoms with Gasteiger partial charge in [0.25, 0.3) is 0 Å². The average molecular weight is 240 g/mol. The Bertz CT molecular complexity index is 594. The second kappa shape index (κ2) is 3.61. The van der Waals surface area contributed by atoms with Gasteiger partial charge < -0.3 is 0 Å². The Kier molecular flexibility index (Phi) is 2.56. The zero-order chi connectivity index (χ0) is 11.1. The molecule has 1 aromatic carbocycles. The van der Waals surface area contributed by atoms with Crippen molar-refractivity contribution in [3.8, 4) is 0 Å². The van der Waals surface area contributed by atoms with E-state index in [1.807, 2.05) is 30.5 Å². The predicted octanol–water partition coefficient (Wildman–Crippen LogP) is 2.75. The van der Waals surface area contributed by atoms with Gasteiger partial charge in [-0.1, -0.05) is 17.7 Å². The van der Waals surface area contributed by atoms with E-state index < -0.39 is 9.84 Å². The van der Waals surface area contributed by atoms with Crippen LogP contribution >= 0.6 is 11.3 Å². The summed E-state index contributed by atoms with van der Waals surface area (Å²) in [5, 5.41) is 3.01. The minimum atomic E-state index is -2.94. The first kappa shape index (κ1) is 10.6. The van der Waals surface area contributed by atoms with E-state index in [1.165, 1.54) is 6.26 Å². The number of benzene rings is 1. The van der Waals surface area contributed by atoms with E-state index in [1.54, 1.807) is 11.3 Å². The molecule has 0 aliphatic rings. The fraction of sp³-hybridized carbons (Fsp3) is 0.273. The quantitative estimate of drug-likeness (QED) is 0.809. The van der Waals surface area contributed by atoms with Gasteiger partial charge in [-0.3, -0.25) is 0 Å². The molecule has 0 unspecified atom stereocenters. The molecule has 0 bridgehead atoms. The minimum absolute atomic E-state index is 0.135. The van der Waals surface area contributed by atoms with Gasteiger partial charge in [0, 0.05) is 11.0 Å². The highest BCUT2D eigenvalue weighted by Gasteiger charge is 2.09. The number of hydrogen-bond acceptors (Lipinski definition) is 3. The van der Waals surface area contributed by atoms with Crippen LogP contribution in [0.4, 0.5) is 0 Å². The summed E-state index contributed by atoms with van der Waals surface area (Å²) < 4.78 is 23.6. The lowest BCUT2D eigenvalue weighted by Crippen LogP contribution is -1.99. The molecule has 0 aliphatic carbocycles. The first-order valence-corrected chi connectivity index (χ1v) is 7.54. The van der Waals surface area contributed by atoms with Gasteiger partial charge >= 0.3 is 0 Å². The van der Waals surface area contributed by atoms with Gasteiger partial charge in [0.1, 0.15) is 0 Å². The highest BCUT2D eigenvalue weighted by molar-refractivity contribution is 7.89. The van der Waals surface area contributed by atoms with Crippen LogP contribution in [0.5, 0.6) is 0 Å². The van der Waals surface area contributed by atoms with E-state index in [9.17, 15) is 8.42 Å². The van der Waals surface area contributed by atoms with Crippen molar-refractivity contribution >= 4 is 31.3 Å². The van der Waals surface area contributed by atoms with Crippen LogP contribution in [0.15, 0.2) is 23.6 Å². The number of rotatable bonds is 2. The number of fused-ring (bicyclic) bond motifs is 1. The van der Waals surface area contributed by atoms with E-state index in [2.05, 4.69) is 0 Å². The van der Waals surface area contributed by atoms with Crippen molar-refractivity contribution < 1.29 is 8.42 Å². The fourth-order valence-corrected chi connectivity index (χ4v) is 3.44. The van der Waals surface area contributed by atoms with Crippen molar-refractivity contribution in [1.82, 2.24) is 0 Å². The van der Waals surface area contributed by atoms with E-state index in [0.29, 0.717) is 0 Å². The summed E-state index contributed by atoms with van der Waals surface area (Å²) in [5.74, 6) is 0.135. The summed E-state index contributed by atoms with van der Waals surface area (Å²) in [7, 11) is -2.94. The Labute approximate surface area is 93.5 Å². The summed E-state index contributed by atoms with van der Waals surface area (Å²) in [6.45, 7) is 2.02. The first-order chi connectivity index (χ1) is 6.96. The Morgan fingerprint density at radius 1 is 1.33 bits per heavy atom. The molecule has 0 aliphatic heterocycles. The first-order valence-electron chi connectivity index (χ1n) is 4.60. The summed E-state index contributed by atoms with van der Waals surface area (Å²) in [6, 6.07) is 6.14. The maximum absolute atomic E-state index is 11.2. The van der Waals surface area contributed by atoms with Crippen LogP contribution in [-0.4, -0.2) is 14.7 Å². The minimum Gasteiger partial charge on any atom is -0.229 e. The van der Waals surface area contributed by atoms with Gasteiger partial charge in [-0.05, 0) is 29.3 Å². The molecule has 0 saturated carbocycles. The number of thiophene rings is 1. The standard InChI is InChI=1S/C11H12O2S2/c1-8-3-4-11-10(5-8)9(6-14-11)7-15(2,12)13/h3-6H,7H2,1-2H3. The lowest BCUT2D eigenvalue weighted by Gasteiger charge is -1.98. The average Bonchev–Trinajstić information content (AvgIpc) is 2.46. The van der Waals surface area contributed by atoms with Gasteiger partial charge in [0.15, 0.2) is 9.84 Å². The summed E-state index contributed by atoms with van der Waals surface area (Å²) in [5.41, 5.74) is 2.08. The van der Waals surface area contributed by atoms with Crippen LogP contribution in [0, 0.1) is 6.92 Å². The maximum atomic E-state index is 11.2. The Morgan fingerprint density at radius 2 is 2.07 bits per heavy atom. The Morgan fingerprint density at radius 3 is 2.73 bits per heavy atom. The zero-order valence-corrected chi connectivity index (χ0v) is 10.3. The van der Waals surface area contributed by atoms with Crippen molar-refractivity contribution in [2.24, 2.45) is 0 Å². The Balaban J connectivity index is 2.57. The molecule has 0 amide bonds. The second-order valence-corrected chi connectivity index (χ2v) is 6.88. The molecule has 0 spiro atoms. The molecule has 0 radical (unpaired) electrons. The van der Waals surface area contributed by atoms with Gasteiger partial charge in [-0.25, -0.2) is 8.42 Å². The number of hydrogen-bond donors (Lipinski definition) is 0. The SMILES string of the molecule is Cc1ccc2scc(CS(C)(=O)=O)c2c1. The van der Waals surface area contributed by atoms with Crippen molar-refractivity contribution in [3.63, 3.8) is 0 Å². The molecule has 4 heteroatoms. The van der Waals surface area contributed by atoms with E-state index in [-0.39, 0.29) is 5.75 Å². The molecule has 15 heavy (non-hydrogen) atoms. The normalized spacial score (nSPS) is 12.1. The topological polar surface area (TPSA) is 34.1 Å². The van der Waals surface area contributed by atoms with Crippen molar-refractivity contribution in [2.45, 2.75) is 12.7 Å². The molecule has 2 rings (SSSR count). The van der Waals surface area contributed by atoms with E-state index in [4.69, 9.17) is 0 Å². The molecule has 0 N–H and O–H groups in total. The van der Waals surface area contributed by atoms with Crippen LogP contribution in [0.1, 0.15) is 11.1 Å². The highest BCUT2D eigenvalue weighted by atomic mass is 32.2. The monoisotopic (exact) mass is 240 g/mol. The van der Waals surface area contributed by atoms with E-state index >= 15 is 0 Å². The molecule has 1 heterocycles. The smallest absolute Gasteiger partial charge is 0.151 e. The Hall–Kier alpha value is -0.870. The fourth-order valence-electron chi connectivity index (χ4n) is 1.59. The van der Waals surface area contributed by atoms with Gasteiger partial charge in [0.2, 0.25) is 0 Å². The molecule has 0 fully saturated rings. The highest BCUT2D eigenvalue weighted by Crippen LogP contribution is 2.28. The predicted molar refractivity (Wildman–Crippen MR) is 65.1 cm³/mol. The number of aryl methyl sites for hydroxylation is 1. The van der Waals surface area contributed by atoms with Gasteiger partial charge in [0.05, 0.1) is 5.75 Å². The summed E-state index contributed by atoms with van der Waals surface area (Å²) >= 11 is 1.60. The lowest BCUT2D eigenvalue weighted by atomic mass is 10.1. The largest absolute Gasteiger partial charge is 0.229 e. The van der Waals surface area contributed by atoms with Crippen LogP contribution in [0.2, 0.25) is 0 Å². The van der Waals surface area contributed by atoms with Crippen LogP contribution < -0.4 is 0 Å². The second-order valence-electron chi connectivity index (χ2n) is 3.83. The third-order valence-corrected chi connectivity index (χ3v) is 4.07. The molecule has 1 aromatic heterocycles. The lowest BCUT2D eigenvalue weighted by molar-refractivity contribution is 0.601. The molecule has 0 atom stereocenters. The van der Waals surface area contributed by atoms with Crippen LogP contribution in [0.25, 0.3) is 10.1 Å². The van der Waals surface area contributed by atoms with Gasteiger partial charge in [-0.15, -0.1) is 11.3 Å². The third kappa shape index (κ3) is 2.38. The van der Waals surface area contributed by atoms with Crippen LogP contribution in [-0.2, 0) is 15.6 Å². The number of sulfone groups is 1. The van der Waals surface area contributed by atoms with Gasteiger partial charge in [-0.2, -0.15) is 0 Å². The maximum Gasteiger partial charge on any atom is 0.151 e. The molecule has 80 valence electrons.